The van der Waals surface area contributed by atoms with Gasteiger partial charge in [0.25, 0.3) is 5.91 Å². The highest BCUT2D eigenvalue weighted by molar-refractivity contribution is 7.12. The van der Waals surface area contributed by atoms with E-state index in [2.05, 4.69) is 10.1 Å². The Morgan fingerprint density at radius 2 is 1.96 bits per heavy atom. The third-order valence-corrected chi connectivity index (χ3v) is 4.19. The molecule has 1 heterocycles. The average Bonchev–Trinajstić information content (AvgIpc) is 3.05. The zero-order valence-electron chi connectivity index (χ0n) is 13.5. The van der Waals surface area contributed by atoms with Gasteiger partial charge in [0.2, 0.25) is 0 Å². The molecule has 2 aromatic rings. The van der Waals surface area contributed by atoms with Crippen LogP contribution in [-0.2, 0) is 9.53 Å². The third-order valence-electron chi connectivity index (χ3n) is 3.26. The SMILES string of the molecule is COC(=O)COc1ccc(NC(=O)c2cc(C(C)=O)cs2)c(C)c1. The van der Waals surface area contributed by atoms with Gasteiger partial charge in [-0.25, -0.2) is 4.79 Å². The summed E-state index contributed by atoms with van der Waals surface area (Å²) in [6.45, 7) is 3.10. The average molecular weight is 347 g/mol. The van der Waals surface area contributed by atoms with E-state index in [1.165, 1.54) is 25.4 Å². The standard InChI is InChI=1S/C17H17NO5S/c1-10-6-13(23-8-16(20)22-3)4-5-14(10)18-17(21)15-7-12(9-24-15)11(2)19/h4-7,9H,8H2,1-3H3,(H,18,21). The van der Waals surface area contributed by atoms with Gasteiger partial charge >= 0.3 is 5.97 Å². The van der Waals surface area contributed by atoms with E-state index in [0.717, 1.165) is 5.56 Å². The van der Waals surface area contributed by atoms with Gasteiger partial charge in [0.1, 0.15) is 5.75 Å². The lowest BCUT2D eigenvalue weighted by atomic mass is 10.2. The van der Waals surface area contributed by atoms with Crippen LogP contribution < -0.4 is 10.1 Å². The number of thiophene rings is 1. The zero-order valence-corrected chi connectivity index (χ0v) is 14.4. The molecule has 0 aliphatic carbocycles. The van der Waals surface area contributed by atoms with E-state index >= 15 is 0 Å². The Hall–Kier alpha value is -2.67. The highest BCUT2D eigenvalue weighted by atomic mass is 32.1. The summed E-state index contributed by atoms with van der Waals surface area (Å²) in [5.41, 5.74) is 1.94. The van der Waals surface area contributed by atoms with E-state index in [9.17, 15) is 14.4 Å². The number of esters is 1. The van der Waals surface area contributed by atoms with Crippen LogP contribution in [0, 0.1) is 6.92 Å². The van der Waals surface area contributed by atoms with E-state index in [4.69, 9.17) is 4.74 Å². The van der Waals surface area contributed by atoms with Crippen molar-refractivity contribution in [1.29, 1.82) is 0 Å². The van der Waals surface area contributed by atoms with Gasteiger partial charge in [-0.15, -0.1) is 11.3 Å². The number of amides is 1. The second kappa shape index (κ2) is 7.74. The second-order valence-corrected chi connectivity index (χ2v) is 5.96. The fourth-order valence-corrected chi connectivity index (χ4v) is 2.73. The van der Waals surface area contributed by atoms with E-state index < -0.39 is 5.97 Å². The first-order valence-corrected chi connectivity index (χ1v) is 7.99. The first-order chi connectivity index (χ1) is 11.4. The molecule has 1 aromatic carbocycles. The maximum absolute atomic E-state index is 12.2. The van der Waals surface area contributed by atoms with Crippen LogP contribution in [0.2, 0.25) is 0 Å². The molecule has 0 unspecified atom stereocenters. The number of methoxy groups -OCH3 is 1. The molecular weight excluding hydrogens is 330 g/mol. The monoisotopic (exact) mass is 347 g/mol. The predicted octanol–water partition coefficient (Wildman–Crippen LogP) is 3.06. The Morgan fingerprint density at radius 3 is 2.54 bits per heavy atom. The predicted molar refractivity (Wildman–Crippen MR) is 91.0 cm³/mol. The van der Waals surface area contributed by atoms with Crippen molar-refractivity contribution >= 4 is 34.7 Å². The maximum Gasteiger partial charge on any atom is 0.343 e. The minimum atomic E-state index is -0.469. The number of nitrogens with one attached hydrogen (secondary N) is 1. The van der Waals surface area contributed by atoms with Crippen molar-refractivity contribution in [3.8, 4) is 5.75 Å². The molecule has 1 amide bonds. The summed E-state index contributed by atoms with van der Waals surface area (Å²) in [7, 11) is 1.29. The number of ketones is 1. The molecule has 6 nitrogen and oxygen atoms in total. The number of Topliss-reactive ketones (excluding diaryl/α,β-unsaturated/α-hetero) is 1. The normalized spacial score (nSPS) is 10.1. The Kier molecular flexibility index (Phi) is 5.70. The van der Waals surface area contributed by atoms with Crippen molar-refractivity contribution in [2.24, 2.45) is 0 Å². The van der Waals surface area contributed by atoms with Crippen molar-refractivity contribution in [2.75, 3.05) is 19.0 Å². The molecule has 0 radical (unpaired) electrons. The summed E-state index contributed by atoms with van der Waals surface area (Å²) < 4.78 is 9.79. The van der Waals surface area contributed by atoms with Crippen LogP contribution in [0.4, 0.5) is 5.69 Å². The van der Waals surface area contributed by atoms with Crippen LogP contribution in [0.25, 0.3) is 0 Å². The fourth-order valence-electron chi connectivity index (χ4n) is 1.89. The number of ether oxygens (including phenoxy) is 2. The van der Waals surface area contributed by atoms with Crippen LogP contribution in [0.5, 0.6) is 5.75 Å². The first kappa shape index (κ1) is 17.7. The van der Waals surface area contributed by atoms with Gasteiger partial charge in [0.05, 0.1) is 12.0 Å². The van der Waals surface area contributed by atoms with Gasteiger partial charge in [0, 0.05) is 16.6 Å². The molecule has 7 heteroatoms. The van der Waals surface area contributed by atoms with Crippen molar-refractivity contribution in [1.82, 2.24) is 0 Å². The lowest BCUT2D eigenvalue weighted by molar-refractivity contribution is -0.142. The van der Waals surface area contributed by atoms with E-state index in [0.29, 0.717) is 21.9 Å². The highest BCUT2D eigenvalue weighted by Crippen LogP contribution is 2.23. The topological polar surface area (TPSA) is 81.7 Å². The molecule has 0 aliphatic heterocycles. The Bertz CT molecular complexity index is 781. The van der Waals surface area contributed by atoms with Crippen molar-refractivity contribution in [2.45, 2.75) is 13.8 Å². The molecule has 0 spiro atoms. The van der Waals surface area contributed by atoms with Crippen molar-refractivity contribution in [3.05, 3.63) is 45.6 Å². The van der Waals surface area contributed by atoms with Gasteiger partial charge in [0.15, 0.2) is 12.4 Å². The van der Waals surface area contributed by atoms with Gasteiger partial charge < -0.3 is 14.8 Å². The number of rotatable bonds is 6. The molecule has 0 bridgehead atoms. The number of aryl methyl sites for hydroxylation is 1. The highest BCUT2D eigenvalue weighted by Gasteiger charge is 2.13. The largest absolute Gasteiger partial charge is 0.482 e. The molecule has 0 saturated carbocycles. The number of hydrogen-bond donors (Lipinski definition) is 1. The number of benzene rings is 1. The quantitative estimate of drug-likeness (QED) is 0.641. The zero-order chi connectivity index (χ0) is 17.7. The molecule has 2 rings (SSSR count). The minimum absolute atomic E-state index is 0.0754. The van der Waals surface area contributed by atoms with Crippen molar-refractivity contribution in [3.63, 3.8) is 0 Å². The fraction of sp³-hybridized carbons (Fsp3) is 0.235. The molecular formula is C17H17NO5S. The van der Waals surface area contributed by atoms with Crippen molar-refractivity contribution < 1.29 is 23.9 Å². The summed E-state index contributed by atoms with van der Waals surface area (Å²) in [6, 6.07) is 6.64. The molecule has 0 aliphatic rings. The number of carbonyl (C=O) groups is 3. The van der Waals surface area contributed by atoms with Gasteiger partial charge in [-0.2, -0.15) is 0 Å². The number of carbonyl (C=O) groups excluding carboxylic acids is 3. The molecule has 0 saturated heterocycles. The number of hydrogen-bond acceptors (Lipinski definition) is 6. The summed E-state index contributed by atoms with van der Waals surface area (Å²) in [5.74, 6) is -0.317. The molecule has 1 N–H and O–H groups in total. The molecule has 24 heavy (non-hydrogen) atoms. The number of anilines is 1. The van der Waals surface area contributed by atoms with Crippen LogP contribution >= 0.6 is 11.3 Å². The van der Waals surface area contributed by atoms with E-state index in [1.807, 2.05) is 6.92 Å². The Labute approximate surface area is 143 Å². The van der Waals surface area contributed by atoms with Crippen LogP contribution in [0.3, 0.4) is 0 Å². The smallest absolute Gasteiger partial charge is 0.343 e. The Morgan fingerprint density at radius 1 is 1.21 bits per heavy atom. The first-order valence-electron chi connectivity index (χ1n) is 7.11. The van der Waals surface area contributed by atoms with Crippen LogP contribution in [0.15, 0.2) is 29.6 Å². The second-order valence-electron chi connectivity index (χ2n) is 5.05. The molecule has 0 atom stereocenters. The summed E-state index contributed by atoms with van der Waals surface area (Å²) in [4.78, 5) is 35.1. The summed E-state index contributed by atoms with van der Waals surface area (Å²) >= 11 is 1.22. The van der Waals surface area contributed by atoms with E-state index in [1.54, 1.807) is 29.6 Å². The summed E-state index contributed by atoms with van der Waals surface area (Å²) in [5, 5.41) is 4.46. The minimum Gasteiger partial charge on any atom is -0.482 e. The summed E-state index contributed by atoms with van der Waals surface area (Å²) in [6.07, 6.45) is 0. The Balaban J connectivity index is 2.05. The van der Waals surface area contributed by atoms with Crippen LogP contribution in [-0.4, -0.2) is 31.4 Å². The van der Waals surface area contributed by atoms with Crippen LogP contribution in [0.1, 0.15) is 32.5 Å². The lowest BCUT2D eigenvalue weighted by Crippen LogP contribution is -2.13. The maximum atomic E-state index is 12.2. The molecule has 126 valence electrons. The van der Waals surface area contributed by atoms with Gasteiger partial charge in [-0.05, 0) is 43.7 Å². The molecule has 1 aromatic heterocycles. The lowest BCUT2D eigenvalue weighted by Gasteiger charge is -2.10. The van der Waals surface area contributed by atoms with Gasteiger partial charge in [-0.1, -0.05) is 0 Å². The van der Waals surface area contributed by atoms with Gasteiger partial charge in [-0.3, -0.25) is 9.59 Å². The third kappa shape index (κ3) is 4.42. The van der Waals surface area contributed by atoms with E-state index in [-0.39, 0.29) is 18.3 Å². The molecule has 0 fully saturated rings.